The lowest BCUT2D eigenvalue weighted by Gasteiger charge is -2.27. The van der Waals surface area contributed by atoms with E-state index in [1.54, 1.807) is 11.8 Å². The highest BCUT2D eigenvalue weighted by molar-refractivity contribution is 7.98. The van der Waals surface area contributed by atoms with Gasteiger partial charge in [-0.2, -0.15) is 0 Å². The molecule has 0 bridgehead atoms. The zero-order valence-corrected chi connectivity index (χ0v) is 19.8. The number of allylic oxidation sites excluding steroid dienone is 4. The van der Waals surface area contributed by atoms with Gasteiger partial charge in [0.15, 0.2) is 0 Å². The van der Waals surface area contributed by atoms with Crippen LogP contribution in [0, 0.1) is 5.41 Å². The van der Waals surface area contributed by atoms with Crippen molar-refractivity contribution in [1.29, 1.82) is 5.41 Å². The predicted molar refractivity (Wildman–Crippen MR) is 136 cm³/mol. The summed E-state index contributed by atoms with van der Waals surface area (Å²) in [5.41, 5.74) is 5.18. The number of benzene rings is 2. The van der Waals surface area contributed by atoms with E-state index >= 15 is 0 Å². The summed E-state index contributed by atoms with van der Waals surface area (Å²) in [5, 5.41) is 25.1. The summed E-state index contributed by atoms with van der Waals surface area (Å²) in [4.78, 5) is 3.44. The van der Waals surface area contributed by atoms with Crippen molar-refractivity contribution >= 4 is 23.2 Å². The quantitative estimate of drug-likeness (QED) is 0.362. The Labute approximate surface area is 199 Å². The monoisotopic (exact) mass is 462 g/mol. The van der Waals surface area contributed by atoms with Gasteiger partial charge in [0.1, 0.15) is 12.0 Å². The molecule has 2 aromatic carbocycles. The molecule has 0 saturated carbocycles. The van der Waals surface area contributed by atoms with Crippen molar-refractivity contribution in [3.8, 4) is 5.75 Å². The third-order valence-corrected chi connectivity index (χ3v) is 6.42. The molecule has 0 saturated heterocycles. The second kappa shape index (κ2) is 10.7. The fraction of sp³-hybridized carbons (Fsp3) is 0.269. The maximum absolute atomic E-state index is 10.7. The highest BCUT2D eigenvalue weighted by atomic mass is 32.2. The largest absolute Gasteiger partial charge is 0.491 e. The standard InChI is InChI=1S/C26H30N4O2S/c1-28-17-20-14-21(7-10-23(20)27)30-12-3-13-32-25-15-19(6-11-24(25)30)26(31)29-16-18-4-8-22(33-2)9-5-18/h4-11,14-15,17,26-29,31H,3,12-13,16H2,1-2H3/b20-17-,27-23?. The van der Waals surface area contributed by atoms with E-state index in [-0.39, 0.29) is 0 Å². The molecule has 4 rings (SSSR count). The Morgan fingerprint density at radius 1 is 1.21 bits per heavy atom. The van der Waals surface area contributed by atoms with E-state index in [2.05, 4.69) is 46.1 Å². The van der Waals surface area contributed by atoms with Crippen LogP contribution in [0.3, 0.4) is 0 Å². The highest BCUT2D eigenvalue weighted by Crippen LogP contribution is 2.36. The number of nitrogens with one attached hydrogen (secondary N) is 3. The van der Waals surface area contributed by atoms with Gasteiger partial charge in [-0.1, -0.05) is 18.2 Å². The molecule has 0 spiro atoms. The van der Waals surface area contributed by atoms with Crippen molar-refractivity contribution in [2.75, 3.05) is 31.4 Å². The average molecular weight is 463 g/mol. The van der Waals surface area contributed by atoms with Crippen LogP contribution in [-0.4, -0.2) is 37.3 Å². The van der Waals surface area contributed by atoms with Crippen molar-refractivity contribution in [2.24, 2.45) is 0 Å². The third-order valence-electron chi connectivity index (χ3n) is 5.68. The molecular formula is C26H30N4O2S. The number of fused-ring (bicyclic) bond motifs is 1. The van der Waals surface area contributed by atoms with Gasteiger partial charge in [-0.05, 0) is 66.3 Å². The molecule has 6 nitrogen and oxygen atoms in total. The van der Waals surface area contributed by atoms with E-state index in [1.807, 2.05) is 49.7 Å². The predicted octanol–water partition coefficient (Wildman–Crippen LogP) is 4.35. The molecule has 0 fully saturated rings. The van der Waals surface area contributed by atoms with Gasteiger partial charge >= 0.3 is 0 Å². The molecular weight excluding hydrogens is 432 g/mol. The molecule has 7 heteroatoms. The first kappa shape index (κ1) is 23.2. The minimum Gasteiger partial charge on any atom is -0.491 e. The molecule has 1 aliphatic carbocycles. The van der Waals surface area contributed by atoms with E-state index in [0.29, 0.717) is 18.9 Å². The molecule has 4 N–H and O–H groups in total. The molecule has 172 valence electrons. The molecule has 0 aromatic heterocycles. The Morgan fingerprint density at radius 3 is 2.79 bits per heavy atom. The van der Waals surface area contributed by atoms with Gasteiger partial charge in [-0.25, -0.2) is 0 Å². The second-order valence-corrected chi connectivity index (χ2v) is 8.80. The third kappa shape index (κ3) is 5.50. The number of aliphatic hydroxyl groups excluding tert-OH is 1. The normalized spacial score (nSPS) is 17.8. The number of hydrogen-bond donors (Lipinski definition) is 4. The van der Waals surface area contributed by atoms with Crippen molar-refractivity contribution in [3.05, 3.63) is 89.3 Å². The van der Waals surface area contributed by atoms with E-state index in [4.69, 9.17) is 10.1 Å². The lowest BCUT2D eigenvalue weighted by molar-refractivity contribution is 0.136. The number of rotatable bonds is 7. The average Bonchev–Trinajstić information content (AvgIpc) is 3.06. The number of anilines is 1. The van der Waals surface area contributed by atoms with Gasteiger partial charge in [0.05, 0.1) is 18.0 Å². The Morgan fingerprint density at radius 2 is 2.03 bits per heavy atom. The van der Waals surface area contributed by atoms with Crippen LogP contribution in [0.5, 0.6) is 5.75 Å². The van der Waals surface area contributed by atoms with Crippen LogP contribution >= 0.6 is 11.8 Å². The van der Waals surface area contributed by atoms with Crippen LogP contribution in [-0.2, 0) is 6.54 Å². The molecule has 1 heterocycles. The fourth-order valence-electron chi connectivity index (χ4n) is 3.90. The molecule has 33 heavy (non-hydrogen) atoms. The number of thioether (sulfide) groups is 1. The summed E-state index contributed by atoms with van der Waals surface area (Å²) in [6.07, 6.45) is 9.78. The molecule has 1 unspecified atom stereocenters. The van der Waals surface area contributed by atoms with E-state index in [0.717, 1.165) is 46.8 Å². The summed E-state index contributed by atoms with van der Waals surface area (Å²) < 4.78 is 6.04. The van der Waals surface area contributed by atoms with Crippen molar-refractivity contribution in [2.45, 2.75) is 24.1 Å². The summed E-state index contributed by atoms with van der Waals surface area (Å²) >= 11 is 1.71. The summed E-state index contributed by atoms with van der Waals surface area (Å²) in [6.45, 7) is 2.00. The number of nitrogens with zero attached hydrogens (tertiary/aromatic N) is 1. The first-order valence-corrected chi connectivity index (χ1v) is 12.3. The smallest absolute Gasteiger partial charge is 0.143 e. The van der Waals surface area contributed by atoms with Crippen LogP contribution < -0.4 is 20.3 Å². The number of aliphatic hydroxyl groups is 1. The van der Waals surface area contributed by atoms with Gasteiger partial charge in [0, 0.05) is 42.5 Å². The van der Waals surface area contributed by atoms with Crippen LogP contribution in [0.25, 0.3) is 0 Å². The van der Waals surface area contributed by atoms with Crippen LogP contribution in [0.2, 0.25) is 0 Å². The summed E-state index contributed by atoms with van der Waals surface area (Å²) in [5.74, 6) is 0.754. The second-order valence-electron chi connectivity index (χ2n) is 7.92. The lowest BCUT2D eigenvalue weighted by atomic mass is 10.0. The van der Waals surface area contributed by atoms with E-state index < -0.39 is 6.23 Å². The molecule has 0 amide bonds. The highest BCUT2D eigenvalue weighted by Gasteiger charge is 2.22. The Kier molecular flexibility index (Phi) is 7.54. The van der Waals surface area contributed by atoms with Crippen molar-refractivity contribution in [1.82, 2.24) is 10.6 Å². The SMILES string of the molecule is CN/C=C1/C=C(N2CCCOc3cc(C(O)NCc4ccc(SC)cc4)ccc32)C=CC1=N. The first-order chi connectivity index (χ1) is 16.1. The number of hydrogen-bond acceptors (Lipinski definition) is 7. The minimum atomic E-state index is -0.796. The van der Waals surface area contributed by atoms with Crippen LogP contribution in [0.1, 0.15) is 23.8 Å². The summed E-state index contributed by atoms with van der Waals surface area (Å²) in [7, 11) is 1.83. The fourth-order valence-corrected chi connectivity index (χ4v) is 4.31. The van der Waals surface area contributed by atoms with Gasteiger partial charge in [0.2, 0.25) is 0 Å². The Hall–Kier alpha value is -3.00. The maximum atomic E-state index is 10.7. The number of ether oxygens (including phenoxy) is 1. The Balaban J connectivity index is 1.52. The zero-order valence-electron chi connectivity index (χ0n) is 19.0. The zero-order chi connectivity index (χ0) is 23.2. The minimum absolute atomic E-state index is 0.479. The lowest BCUT2D eigenvalue weighted by Crippen LogP contribution is -2.24. The van der Waals surface area contributed by atoms with Gasteiger partial charge in [-0.3, -0.25) is 5.32 Å². The first-order valence-electron chi connectivity index (χ1n) is 11.0. The van der Waals surface area contributed by atoms with Crippen molar-refractivity contribution in [3.63, 3.8) is 0 Å². The van der Waals surface area contributed by atoms with Gasteiger partial charge in [0.25, 0.3) is 0 Å². The Bertz CT molecular complexity index is 1090. The van der Waals surface area contributed by atoms with Crippen molar-refractivity contribution < 1.29 is 9.84 Å². The van der Waals surface area contributed by atoms with Gasteiger partial charge < -0.3 is 25.5 Å². The molecule has 1 aliphatic heterocycles. The summed E-state index contributed by atoms with van der Waals surface area (Å²) in [6, 6.07) is 14.2. The molecule has 0 radical (unpaired) electrons. The van der Waals surface area contributed by atoms with E-state index in [1.165, 1.54) is 4.90 Å². The van der Waals surface area contributed by atoms with Gasteiger partial charge in [-0.15, -0.1) is 11.8 Å². The molecule has 2 aliphatic rings. The molecule has 1 atom stereocenters. The topological polar surface area (TPSA) is 80.6 Å². The maximum Gasteiger partial charge on any atom is 0.143 e. The van der Waals surface area contributed by atoms with Crippen LogP contribution in [0.15, 0.2) is 83.1 Å². The molecule has 2 aromatic rings. The van der Waals surface area contributed by atoms with E-state index in [9.17, 15) is 5.11 Å². The van der Waals surface area contributed by atoms with Crippen LogP contribution in [0.4, 0.5) is 5.69 Å².